The largest absolute Gasteiger partial charge is 0.457 e. The van der Waals surface area contributed by atoms with Gasteiger partial charge < -0.3 is 9.47 Å². The van der Waals surface area contributed by atoms with Crippen molar-refractivity contribution in [3.63, 3.8) is 0 Å². The number of benzene rings is 8. The standard InChI is InChI=1S/C68H52N6O2/c1-41-15-11-16-42(2)65(41)49-31-32-69-64(35-49)73-60-25-9-7-23-54(60)56-29-27-52(36-62(56)73)75-50-21-13-19-47(33-50)58-39-71-59(40-70-58)48-20-14-22-51(34-48)76-53-28-30-57-55-24-8-10-26-61(55)74(63(57)37-53)68-46(6)67(45(5)38-72-68)66-43(3)17-12-18-44(66)4/h7-40H,1-6H3. The Morgan fingerprint density at radius 1 is 0.329 bits per heavy atom. The predicted octanol–water partition coefficient (Wildman–Crippen LogP) is 17.6. The van der Waals surface area contributed by atoms with Crippen LogP contribution in [0.5, 0.6) is 23.0 Å². The van der Waals surface area contributed by atoms with Crippen LogP contribution in [0.25, 0.3) is 100 Å². The van der Waals surface area contributed by atoms with Crippen LogP contribution in [0, 0.1) is 41.5 Å². The molecule has 0 aliphatic carbocycles. The zero-order valence-corrected chi connectivity index (χ0v) is 43.1. The molecule has 366 valence electrons. The highest BCUT2D eigenvalue weighted by atomic mass is 16.5. The lowest BCUT2D eigenvalue weighted by molar-refractivity contribution is 0.483. The summed E-state index contributed by atoms with van der Waals surface area (Å²) in [6, 6.07) is 62.8. The van der Waals surface area contributed by atoms with Gasteiger partial charge in [-0.05, 0) is 164 Å². The maximum Gasteiger partial charge on any atom is 0.141 e. The van der Waals surface area contributed by atoms with Gasteiger partial charge in [-0.15, -0.1) is 0 Å². The molecule has 0 fully saturated rings. The third-order valence-corrected chi connectivity index (χ3v) is 14.8. The molecule has 0 saturated heterocycles. The quantitative estimate of drug-likeness (QED) is 0.136. The predicted molar refractivity (Wildman–Crippen MR) is 309 cm³/mol. The highest BCUT2D eigenvalue weighted by molar-refractivity contribution is 6.10. The van der Waals surface area contributed by atoms with Crippen LogP contribution in [0.15, 0.2) is 207 Å². The summed E-state index contributed by atoms with van der Waals surface area (Å²) < 4.78 is 17.8. The molecular formula is C68H52N6O2. The van der Waals surface area contributed by atoms with Crippen molar-refractivity contribution in [1.82, 2.24) is 29.1 Å². The van der Waals surface area contributed by atoms with Crippen molar-refractivity contribution in [2.75, 3.05) is 0 Å². The van der Waals surface area contributed by atoms with E-state index in [1.165, 1.54) is 38.9 Å². The highest BCUT2D eigenvalue weighted by Gasteiger charge is 2.21. The van der Waals surface area contributed by atoms with Gasteiger partial charge >= 0.3 is 0 Å². The van der Waals surface area contributed by atoms with Crippen molar-refractivity contribution < 1.29 is 9.47 Å². The molecule has 0 N–H and O–H groups in total. The monoisotopic (exact) mass is 984 g/mol. The zero-order valence-electron chi connectivity index (χ0n) is 43.1. The number of fused-ring (bicyclic) bond motifs is 6. The molecule has 0 aliphatic rings. The smallest absolute Gasteiger partial charge is 0.141 e. The van der Waals surface area contributed by atoms with E-state index < -0.39 is 0 Å². The van der Waals surface area contributed by atoms with Crippen molar-refractivity contribution in [1.29, 1.82) is 0 Å². The van der Waals surface area contributed by atoms with E-state index in [4.69, 9.17) is 29.4 Å². The lowest BCUT2D eigenvalue weighted by Crippen LogP contribution is -2.04. The lowest BCUT2D eigenvalue weighted by Gasteiger charge is -2.19. The fourth-order valence-corrected chi connectivity index (χ4v) is 11.4. The van der Waals surface area contributed by atoms with Crippen LogP contribution in [0.4, 0.5) is 0 Å². The second kappa shape index (κ2) is 18.7. The molecule has 5 aromatic heterocycles. The molecule has 0 saturated carbocycles. The van der Waals surface area contributed by atoms with Gasteiger partial charge in [0, 0.05) is 62.8 Å². The average molecular weight is 985 g/mol. The number of aromatic nitrogens is 6. The molecule has 0 amide bonds. The molecule has 0 radical (unpaired) electrons. The first-order valence-electron chi connectivity index (χ1n) is 25.7. The number of hydrogen-bond acceptors (Lipinski definition) is 6. The first kappa shape index (κ1) is 46.1. The Kier molecular flexibility index (Phi) is 11.3. The summed E-state index contributed by atoms with van der Waals surface area (Å²) in [5.74, 6) is 4.56. The molecule has 0 spiro atoms. The molecule has 0 aliphatic heterocycles. The molecule has 8 aromatic carbocycles. The molecule has 5 heterocycles. The van der Waals surface area contributed by atoms with Crippen molar-refractivity contribution in [3.05, 3.63) is 240 Å². The van der Waals surface area contributed by atoms with Crippen LogP contribution in [0.1, 0.15) is 33.4 Å². The Morgan fingerprint density at radius 3 is 1.38 bits per heavy atom. The van der Waals surface area contributed by atoms with Crippen molar-refractivity contribution >= 4 is 43.6 Å². The van der Waals surface area contributed by atoms with Crippen molar-refractivity contribution in [2.45, 2.75) is 41.5 Å². The fraction of sp³-hybridized carbons (Fsp3) is 0.0882. The summed E-state index contributed by atoms with van der Waals surface area (Å²) in [5, 5.41) is 4.56. The van der Waals surface area contributed by atoms with Crippen LogP contribution in [0.2, 0.25) is 0 Å². The van der Waals surface area contributed by atoms with Gasteiger partial charge in [-0.25, -0.2) is 9.97 Å². The van der Waals surface area contributed by atoms with Gasteiger partial charge in [-0.1, -0.05) is 97.1 Å². The van der Waals surface area contributed by atoms with Crippen LogP contribution in [0.3, 0.4) is 0 Å². The molecular weight excluding hydrogens is 933 g/mol. The van der Waals surface area contributed by atoms with Gasteiger partial charge in [-0.2, -0.15) is 0 Å². The van der Waals surface area contributed by atoms with Gasteiger partial charge in [0.15, 0.2) is 0 Å². The van der Waals surface area contributed by atoms with Gasteiger partial charge in [0.25, 0.3) is 0 Å². The summed E-state index contributed by atoms with van der Waals surface area (Å²) in [6.07, 6.45) is 7.53. The Hall–Kier alpha value is -9.66. The second-order valence-corrected chi connectivity index (χ2v) is 19.8. The first-order valence-corrected chi connectivity index (χ1v) is 25.7. The number of nitrogens with zero attached hydrogens (tertiary/aromatic N) is 6. The van der Waals surface area contributed by atoms with Crippen LogP contribution in [-0.4, -0.2) is 29.1 Å². The van der Waals surface area contributed by atoms with Crippen molar-refractivity contribution in [2.24, 2.45) is 0 Å². The van der Waals surface area contributed by atoms with Gasteiger partial charge in [0.1, 0.15) is 34.6 Å². The number of rotatable bonds is 10. The van der Waals surface area contributed by atoms with E-state index in [0.29, 0.717) is 17.2 Å². The Labute approximate surface area is 441 Å². The Morgan fingerprint density at radius 2 is 0.816 bits per heavy atom. The topological polar surface area (TPSA) is 79.9 Å². The summed E-state index contributed by atoms with van der Waals surface area (Å²) in [6.45, 7) is 13.0. The SMILES string of the molecule is Cc1cccc(C)c1-c1ccnc(-n2c3ccccc3c3ccc(Oc4cccc(-c5cnc(-c6cccc(Oc7ccc8c9ccccc9n(-c9ncc(C)c(-c%10c(C)cccc%10C)c9C)c8c7)c6)cn5)c4)cc32)c1. The first-order chi connectivity index (χ1) is 37.1. The van der Waals surface area contributed by atoms with E-state index in [9.17, 15) is 0 Å². The summed E-state index contributed by atoms with van der Waals surface area (Å²) in [4.78, 5) is 19.8. The molecule has 0 unspecified atom stereocenters. The van der Waals surface area contributed by atoms with Gasteiger partial charge in [0.05, 0.1) is 45.8 Å². The van der Waals surface area contributed by atoms with E-state index in [1.54, 1.807) is 0 Å². The normalized spacial score (nSPS) is 11.6. The van der Waals surface area contributed by atoms with Crippen LogP contribution < -0.4 is 9.47 Å². The number of ether oxygens (including phenoxy) is 2. The maximum atomic E-state index is 6.66. The summed E-state index contributed by atoms with van der Waals surface area (Å²) in [5.41, 5.74) is 19.5. The molecule has 8 heteroatoms. The molecule has 13 rings (SSSR count). The molecule has 0 bridgehead atoms. The average Bonchev–Trinajstić information content (AvgIpc) is 3.94. The Balaban J connectivity index is 0.771. The Bertz CT molecular complexity index is 4390. The summed E-state index contributed by atoms with van der Waals surface area (Å²) >= 11 is 0. The molecule has 13 aromatic rings. The third-order valence-electron chi connectivity index (χ3n) is 14.8. The van der Waals surface area contributed by atoms with E-state index >= 15 is 0 Å². The van der Waals surface area contributed by atoms with E-state index in [1.807, 2.05) is 85.5 Å². The van der Waals surface area contributed by atoms with E-state index in [-0.39, 0.29) is 0 Å². The number of aryl methyl sites for hydroxylation is 5. The molecule has 76 heavy (non-hydrogen) atoms. The lowest BCUT2D eigenvalue weighted by atomic mass is 9.90. The van der Waals surface area contributed by atoms with Crippen LogP contribution in [-0.2, 0) is 0 Å². The maximum absolute atomic E-state index is 6.66. The molecule has 8 nitrogen and oxygen atoms in total. The summed E-state index contributed by atoms with van der Waals surface area (Å²) in [7, 11) is 0. The van der Waals surface area contributed by atoms with E-state index in [0.717, 1.165) is 100 Å². The third kappa shape index (κ3) is 8.03. The number of pyridine rings is 2. The molecule has 0 atom stereocenters. The fourth-order valence-electron chi connectivity index (χ4n) is 11.4. The number of hydrogen-bond donors (Lipinski definition) is 0. The zero-order chi connectivity index (χ0) is 51.6. The number of para-hydroxylation sites is 2. The minimum absolute atomic E-state index is 0.691. The van der Waals surface area contributed by atoms with Crippen LogP contribution >= 0.6 is 0 Å². The second-order valence-electron chi connectivity index (χ2n) is 19.8. The van der Waals surface area contributed by atoms with Gasteiger partial charge in [-0.3, -0.25) is 19.1 Å². The highest BCUT2D eigenvalue weighted by Crippen LogP contribution is 2.41. The van der Waals surface area contributed by atoms with Crippen molar-refractivity contribution in [3.8, 4) is 79.4 Å². The van der Waals surface area contributed by atoms with Gasteiger partial charge in [0.2, 0.25) is 0 Å². The minimum Gasteiger partial charge on any atom is -0.457 e. The minimum atomic E-state index is 0.691. The van der Waals surface area contributed by atoms with E-state index in [2.05, 4.69) is 172 Å².